The second kappa shape index (κ2) is 8.67. The molecule has 0 bridgehead atoms. The standard InChI is InChI=1S/C21H32N2O3/c1-13(2)16-6-8-17(9-7-16)20(14(3)4)22-19(24)12-23(18-10-11-18)15(5)21(25)26/h6-9,13-15,18,20H,10-12H2,1-5H3,(H,22,24)(H,25,26). The Bertz CT molecular complexity index is 621. The van der Waals surface area contributed by atoms with Gasteiger partial charge in [0.15, 0.2) is 0 Å². The zero-order chi connectivity index (χ0) is 19.4. The minimum Gasteiger partial charge on any atom is -0.480 e. The highest BCUT2D eigenvalue weighted by molar-refractivity contribution is 5.80. The van der Waals surface area contributed by atoms with Crippen LogP contribution in [0.1, 0.15) is 70.5 Å². The molecular weight excluding hydrogens is 328 g/mol. The summed E-state index contributed by atoms with van der Waals surface area (Å²) in [6, 6.07) is 7.89. The lowest BCUT2D eigenvalue weighted by Gasteiger charge is -2.28. The zero-order valence-corrected chi connectivity index (χ0v) is 16.5. The van der Waals surface area contributed by atoms with Crippen LogP contribution in [0.3, 0.4) is 0 Å². The number of amides is 1. The van der Waals surface area contributed by atoms with E-state index < -0.39 is 12.0 Å². The van der Waals surface area contributed by atoms with Crippen molar-refractivity contribution in [1.82, 2.24) is 10.2 Å². The molecule has 1 saturated carbocycles. The van der Waals surface area contributed by atoms with Gasteiger partial charge in [0.2, 0.25) is 5.91 Å². The fourth-order valence-electron chi connectivity index (χ4n) is 3.24. The van der Waals surface area contributed by atoms with Crippen LogP contribution in [0.4, 0.5) is 0 Å². The van der Waals surface area contributed by atoms with E-state index >= 15 is 0 Å². The molecule has 5 nitrogen and oxygen atoms in total. The van der Waals surface area contributed by atoms with Crippen molar-refractivity contribution in [3.63, 3.8) is 0 Å². The fraction of sp³-hybridized carbons (Fsp3) is 0.619. The highest BCUT2D eigenvalue weighted by Gasteiger charge is 2.36. The number of hydrogen-bond donors (Lipinski definition) is 2. The van der Waals surface area contributed by atoms with Crippen molar-refractivity contribution < 1.29 is 14.7 Å². The zero-order valence-electron chi connectivity index (χ0n) is 16.5. The number of carbonyl (C=O) groups is 2. The first-order chi connectivity index (χ1) is 12.2. The van der Waals surface area contributed by atoms with Gasteiger partial charge in [-0.1, -0.05) is 52.0 Å². The summed E-state index contributed by atoms with van der Waals surface area (Å²) >= 11 is 0. The van der Waals surface area contributed by atoms with Crippen LogP contribution in [-0.2, 0) is 9.59 Å². The number of carboxylic acid groups (broad SMARTS) is 1. The van der Waals surface area contributed by atoms with Gasteiger partial charge < -0.3 is 10.4 Å². The second-order valence-corrected chi connectivity index (χ2v) is 8.03. The van der Waals surface area contributed by atoms with Crippen LogP contribution in [-0.4, -0.2) is 40.5 Å². The molecule has 0 aliphatic heterocycles. The van der Waals surface area contributed by atoms with Crippen molar-refractivity contribution in [2.24, 2.45) is 5.92 Å². The number of rotatable bonds is 9. The summed E-state index contributed by atoms with van der Waals surface area (Å²) in [6.45, 7) is 10.3. The molecule has 0 saturated heterocycles. The molecule has 0 heterocycles. The summed E-state index contributed by atoms with van der Waals surface area (Å²) in [5.74, 6) is -0.276. The molecule has 1 aromatic carbocycles. The van der Waals surface area contributed by atoms with E-state index in [0.717, 1.165) is 18.4 Å². The van der Waals surface area contributed by atoms with Crippen molar-refractivity contribution in [2.75, 3.05) is 6.54 Å². The summed E-state index contributed by atoms with van der Waals surface area (Å²) < 4.78 is 0. The van der Waals surface area contributed by atoms with Gasteiger partial charge in [-0.2, -0.15) is 0 Å². The Morgan fingerprint density at radius 2 is 1.62 bits per heavy atom. The molecular formula is C21H32N2O3. The summed E-state index contributed by atoms with van der Waals surface area (Å²) in [7, 11) is 0. The van der Waals surface area contributed by atoms with Crippen molar-refractivity contribution in [3.8, 4) is 0 Å². The van der Waals surface area contributed by atoms with Gasteiger partial charge in [-0.05, 0) is 42.7 Å². The van der Waals surface area contributed by atoms with Gasteiger partial charge >= 0.3 is 5.97 Å². The molecule has 26 heavy (non-hydrogen) atoms. The van der Waals surface area contributed by atoms with Gasteiger partial charge in [0.1, 0.15) is 6.04 Å². The second-order valence-electron chi connectivity index (χ2n) is 8.03. The fourth-order valence-corrected chi connectivity index (χ4v) is 3.24. The maximum Gasteiger partial charge on any atom is 0.320 e. The number of nitrogens with one attached hydrogen (secondary N) is 1. The SMILES string of the molecule is CC(C)c1ccc(C(NC(=O)CN(C2CC2)C(C)C(=O)O)C(C)C)cc1. The van der Waals surface area contributed by atoms with Crippen molar-refractivity contribution >= 4 is 11.9 Å². The van der Waals surface area contributed by atoms with Crippen LogP contribution >= 0.6 is 0 Å². The van der Waals surface area contributed by atoms with Crippen LogP contribution in [0.15, 0.2) is 24.3 Å². The van der Waals surface area contributed by atoms with Crippen molar-refractivity contribution in [1.29, 1.82) is 0 Å². The molecule has 1 fully saturated rings. The first kappa shape index (κ1) is 20.4. The topological polar surface area (TPSA) is 69.6 Å². The lowest BCUT2D eigenvalue weighted by molar-refractivity contribution is -0.143. The van der Waals surface area contributed by atoms with Crippen LogP contribution in [0, 0.1) is 5.92 Å². The van der Waals surface area contributed by atoms with E-state index in [1.165, 1.54) is 5.56 Å². The monoisotopic (exact) mass is 360 g/mol. The largest absolute Gasteiger partial charge is 0.480 e. The van der Waals surface area contributed by atoms with E-state index in [1.54, 1.807) is 11.8 Å². The van der Waals surface area contributed by atoms with Crippen LogP contribution < -0.4 is 5.32 Å². The first-order valence-corrected chi connectivity index (χ1v) is 9.58. The van der Waals surface area contributed by atoms with Crippen LogP contribution in [0.25, 0.3) is 0 Å². The third-order valence-corrected chi connectivity index (χ3v) is 5.14. The molecule has 2 rings (SSSR count). The molecule has 2 unspecified atom stereocenters. The average Bonchev–Trinajstić information content (AvgIpc) is 3.41. The number of nitrogens with zero attached hydrogens (tertiary/aromatic N) is 1. The van der Waals surface area contributed by atoms with E-state index in [9.17, 15) is 14.7 Å². The van der Waals surface area contributed by atoms with Gasteiger partial charge in [-0.15, -0.1) is 0 Å². The molecule has 2 atom stereocenters. The van der Waals surface area contributed by atoms with Gasteiger partial charge in [0, 0.05) is 6.04 Å². The minimum absolute atomic E-state index is 0.0788. The smallest absolute Gasteiger partial charge is 0.320 e. The predicted molar refractivity (Wildman–Crippen MR) is 103 cm³/mol. The highest BCUT2D eigenvalue weighted by atomic mass is 16.4. The Hall–Kier alpha value is -1.88. The minimum atomic E-state index is -0.880. The molecule has 0 aromatic heterocycles. The molecule has 0 spiro atoms. The van der Waals surface area contributed by atoms with E-state index in [1.807, 2.05) is 0 Å². The third-order valence-electron chi connectivity index (χ3n) is 5.14. The van der Waals surface area contributed by atoms with Gasteiger partial charge in [-0.3, -0.25) is 14.5 Å². The lowest BCUT2D eigenvalue weighted by atomic mass is 9.93. The Morgan fingerprint density at radius 3 is 2.04 bits per heavy atom. The molecule has 1 amide bonds. The molecule has 1 aromatic rings. The van der Waals surface area contributed by atoms with Gasteiger partial charge in [-0.25, -0.2) is 0 Å². The molecule has 1 aliphatic carbocycles. The number of aliphatic carboxylic acids is 1. The summed E-state index contributed by atoms with van der Waals surface area (Å²) in [5.41, 5.74) is 2.36. The van der Waals surface area contributed by atoms with Crippen LogP contribution in [0.2, 0.25) is 0 Å². The van der Waals surface area contributed by atoms with E-state index in [4.69, 9.17) is 0 Å². The Labute approximate surface area is 156 Å². The van der Waals surface area contributed by atoms with Crippen LogP contribution in [0.5, 0.6) is 0 Å². The number of carboxylic acids is 1. The van der Waals surface area contributed by atoms with Crippen molar-refractivity contribution in [3.05, 3.63) is 35.4 Å². The Balaban J connectivity index is 2.06. The molecule has 0 radical (unpaired) electrons. The molecule has 144 valence electrons. The highest BCUT2D eigenvalue weighted by Crippen LogP contribution is 2.29. The maximum atomic E-state index is 12.6. The quantitative estimate of drug-likeness (QED) is 0.706. The lowest BCUT2D eigenvalue weighted by Crippen LogP contribution is -2.47. The van der Waals surface area contributed by atoms with Gasteiger partial charge in [0.05, 0.1) is 12.6 Å². The normalized spacial score (nSPS) is 16.8. The van der Waals surface area contributed by atoms with Crippen molar-refractivity contribution in [2.45, 2.75) is 71.5 Å². The summed E-state index contributed by atoms with van der Waals surface area (Å²) in [4.78, 5) is 25.8. The number of benzene rings is 1. The average molecular weight is 360 g/mol. The first-order valence-electron chi connectivity index (χ1n) is 9.58. The number of hydrogen-bond acceptors (Lipinski definition) is 3. The van der Waals surface area contributed by atoms with E-state index in [2.05, 4.69) is 57.3 Å². The molecule has 1 aliphatic rings. The van der Waals surface area contributed by atoms with Gasteiger partial charge in [0.25, 0.3) is 0 Å². The number of carbonyl (C=O) groups excluding carboxylic acids is 1. The molecule has 2 N–H and O–H groups in total. The maximum absolute atomic E-state index is 12.6. The summed E-state index contributed by atoms with van der Waals surface area (Å²) in [6.07, 6.45) is 1.93. The third kappa shape index (κ3) is 5.31. The summed E-state index contributed by atoms with van der Waals surface area (Å²) in [5, 5.41) is 12.4. The van der Waals surface area contributed by atoms with E-state index in [0.29, 0.717) is 5.92 Å². The Kier molecular flexibility index (Phi) is 6.81. The molecule has 5 heteroatoms. The Morgan fingerprint density at radius 1 is 1.08 bits per heavy atom. The van der Waals surface area contributed by atoms with E-state index in [-0.39, 0.29) is 30.5 Å². The predicted octanol–water partition coefficient (Wildman–Crippen LogP) is 3.56.